The van der Waals surface area contributed by atoms with Gasteiger partial charge in [-0.3, -0.25) is 14.8 Å². The van der Waals surface area contributed by atoms with Crippen LogP contribution in [0.25, 0.3) is 0 Å². The topological polar surface area (TPSA) is 74.3 Å². The molecule has 0 radical (unpaired) electrons. The number of aryl methyl sites for hydroxylation is 1. The van der Waals surface area contributed by atoms with E-state index in [1.807, 2.05) is 11.8 Å². The number of hydrogen-bond donors (Lipinski definition) is 1. The second-order valence-corrected chi connectivity index (χ2v) is 8.48. The number of likely N-dealkylation sites (tertiary alicyclic amines) is 2. The number of rotatable bonds is 5. The lowest BCUT2D eigenvalue weighted by Crippen LogP contribution is -2.52. The quantitative estimate of drug-likeness (QED) is 0.778. The number of piperidine rings is 1. The monoisotopic (exact) mass is 437 g/mol. The number of carbonyl (C=O) groups is 1. The van der Waals surface area contributed by atoms with Gasteiger partial charge in [-0.25, -0.2) is 4.98 Å². The van der Waals surface area contributed by atoms with E-state index >= 15 is 0 Å². The number of amides is 1. The lowest BCUT2D eigenvalue weighted by atomic mass is 9.72. The van der Waals surface area contributed by atoms with E-state index in [4.69, 9.17) is 4.74 Å². The molecule has 31 heavy (non-hydrogen) atoms. The number of aromatic nitrogens is 3. The van der Waals surface area contributed by atoms with Crippen LogP contribution in [0.2, 0.25) is 0 Å². The summed E-state index contributed by atoms with van der Waals surface area (Å²) in [5.41, 5.74) is -0.118. The van der Waals surface area contributed by atoms with Gasteiger partial charge in [0.15, 0.2) is 5.82 Å². The molecule has 7 nitrogen and oxygen atoms in total. The van der Waals surface area contributed by atoms with Crippen molar-refractivity contribution in [2.45, 2.75) is 31.5 Å². The maximum Gasteiger partial charge on any atom is 0.416 e. The molecular formula is C21H26F3N5O2. The van der Waals surface area contributed by atoms with E-state index in [1.54, 1.807) is 0 Å². The summed E-state index contributed by atoms with van der Waals surface area (Å²) in [7, 11) is 1.50. The van der Waals surface area contributed by atoms with Crippen molar-refractivity contribution in [3.05, 3.63) is 47.0 Å². The molecule has 2 fully saturated rings. The Morgan fingerprint density at radius 2 is 2.03 bits per heavy atom. The zero-order valence-corrected chi connectivity index (χ0v) is 17.6. The number of H-pyrrole nitrogens is 1. The maximum atomic E-state index is 12.9. The van der Waals surface area contributed by atoms with Gasteiger partial charge in [0.25, 0.3) is 0 Å². The first-order valence-electron chi connectivity index (χ1n) is 10.3. The molecule has 0 saturated carbocycles. The van der Waals surface area contributed by atoms with E-state index in [0.29, 0.717) is 32.7 Å². The van der Waals surface area contributed by atoms with Gasteiger partial charge < -0.3 is 9.64 Å². The number of nitrogens with zero attached hydrogens (tertiary/aromatic N) is 4. The predicted molar refractivity (Wildman–Crippen MR) is 106 cm³/mol. The van der Waals surface area contributed by atoms with Gasteiger partial charge in [-0.05, 0) is 31.0 Å². The minimum atomic E-state index is -4.34. The summed E-state index contributed by atoms with van der Waals surface area (Å²) < 4.78 is 43.6. The number of hydrogen-bond acceptors (Lipinski definition) is 5. The van der Waals surface area contributed by atoms with Crippen LogP contribution in [0.1, 0.15) is 29.2 Å². The summed E-state index contributed by atoms with van der Waals surface area (Å²) in [4.78, 5) is 21.0. The van der Waals surface area contributed by atoms with E-state index in [-0.39, 0.29) is 23.8 Å². The first-order valence-corrected chi connectivity index (χ1v) is 10.3. The highest BCUT2D eigenvalue weighted by molar-refractivity contribution is 5.77. The standard InChI is InChI=1S/C21H26F3N5O2/c1-14-25-19(27-26-14)20-7-8-29(18(30)12-31-2)11-17(20)10-28(13-20)9-15-3-5-16(6-4-15)21(22,23)24/h3-6,17H,7-13H2,1-2H3,(H,25,26,27)/t17-,20+/m0/s1. The van der Waals surface area contributed by atoms with E-state index in [2.05, 4.69) is 20.1 Å². The van der Waals surface area contributed by atoms with Crippen LogP contribution in [0.3, 0.4) is 0 Å². The number of benzene rings is 1. The lowest BCUT2D eigenvalue weighted by Gasteiger charge is -2.41. The largest absolute Gasteiger partial charge is 0.416 e. The third-order valence-electron chi connectivity index (χ3n) is 6.38. The molecule has 3 heterocycles. The van der Waals surface area contributed by atoms with E-state index in [9.17, 15) is 18.0 Å². The third-order valence-corrected chi connectivity index (χ3v) is 6.38. The summed E-state index contributed by atoms with van der Waals surface area (Å²) in [6.45, 7) is 5.03. The Morgan fingerprint density at radius 1 is 1.29 bits per heavy atom. The van der Waals surface area contributed by atoms with Crippen molar-refractivity contribution in [2.24, 2.45) is 5.92 Å². The average molecular weight is 437 g/mol. The first-order chi connectivity index (χ1) is 14.7. The molecule has 1 N–H and O–H groups in total. The van der Waals surface area contributed by atoms with Crippen molar-refractivity contribution < 1.29 is 22.7 Å². The highest BCUT2D eigenvalue weighted by atomic mass is 19.4. The second kappa shape index (κ2) is 8.23. The maximum absolute atomic E-state index is 12.9. The fourth-order valence-corrected chi connectivity index (χ4v) is 4.84. The van der Waals surface area contributed by atoms with Crippen molar-refractivity contribution >= 4 is 5.91 Å². The lowest BCUT2D eigenvalue weighted by molar-refractivity contribution is -0.138. The molecular weight excluding hydrogens is 411 g/mol. The summed E-state index contributed by atoms with van der Waals surface area (Å²) in [5.74, 6) is 1.58. The molecule has 1 aromatic heterocycles. The predicted octanol–water partition coefficient (Wildman–Crippen LogP) is 2.38. The molecule has 0 aliphatic carbocycles. The first kappa shape index (κ1) is 21.8. The molecule has 0 bridgehead atoms. The molecule has 0 spiro atoms. The number of fused-ring (bicyclic) bond motifs is 1. The number of aromatic amines is 1. The summed E-state index contributed by atoms with van der Waals surface area (Å²) in [5, 5.41) is 7.37. The Labute approximate surface area is 178 Å². The molecule has 1 aromatic carbocycles. The Balaban J connectivity index is 1.54. The molecule has 168 valence electrons. The van der Waals surface area contributed by atoms with E-state index < -0.39 is 11.7 Å². The van der Waals surface area contributed by atoms with Gasteiger partial charge >= 0.3 is 6.18 Å². The Kier molecular flexibility index (Phi) is 5.78. The molecule has 2 atom stereocenters. The normalized spacial score (nSPS) is 24.4. The molecule has 10 heteroatoms. The molecule has 0 unspecified atom stereocenters. The smallest absolute Gasteiger partial charge is 0.375 e. The van der Waals surface area contributed by atoms with Gasteiger partial charge in [-0.2, -0.15) is 18.3 Å². The minimum absolute atomic E-state index is 0.0385. The number of carbonyl (C=O) groups excluding carboxylic acids is 1. The average Bonchev–Trinajstić information content (AvgIpc) is 3.31. The van der Waals surface area contributed by atoms with E-state index in [1.165, 1.54) is 19.2 Å². The van der Waals surface area contributed by atoms with Crippen molar-refractivity contribution in [3.8, 4) is 0 Å². The van der Waals surface area contributed by atoms with Crippen LogP contribution in [0, 0.1) is 12.8 Å². The van der Waals surface area contributed by atoms with Crippen LogP contribution in [-0.2, 0) is 27.7 Å². The van der Waals surface area contributed by atoms with Gasteiger partial charge in [0.05, 0.1) is 11.0 Å². The number of nitrogens with one attached hydrogen (secondary N) is 1. The summed E-state index contributed by atoms with van der Waals surface area (Å²) in [6.07, 6.45) is -3.61. The second-order valence-electron chi connectivity index (χ2n) is 8.48. The number of methoxy groups -OCH3 is 1. The van der Waals surface area contributed by atoms with Gasteiger partial charge in [-0.1, -0.05) is 12.1 Å². The Hall–Kier alpha value is -2.46. The Morgan fingerprint density at radius 3 is 2.65 bits per heavy atom. The number of ether oxygens (including phenoxy) is 1. The van der Waals surface area contributed by atoms with Gasteiger partial charge in [-0.15, -0.1) is 0 Å². The van der Waals surface area contributed by atoms with Crippen LogP contribution in [0.4, 0.5) is 13.2 Å². The molecule has 2 aliphatic heterocycles. The van der Waals surface area contributed by atoms with Gasteiger partial charge in [0.2, 0.25) is 5.91 Å². The molecule has 2 aliphatic rings. The van der Waals surface area contributed by atoms with Crippen molar-refractivity contribution in [1.29, 1.82) is 0 Å². The minimum Gasteiger partial charge on any atom is -0.375 e. The zero-order chi connectivity index (χ0) is 22.2. The molecule has 4 rings (SSSR count). The van der Waals surface area contributed by atoms with E-state index in [0.717, 1.165) is 35.8 Å². The molecule has 1 amide bonds. The van der Waals surface area contributed by atoms with Crippen molar-refractivity contribution in [3.63, 3.8) is 0 Å². The Bertz CT molecular complexity index is 930. The number of halogens is 3. The van der Waals surface area contributed by atoms with Crippen LogP contribution in [-0.4, -0.2) is 70.8 Å². The fraction of sp³-hybridized carbons (Fsp3) is 0.571. The highest BCUT2D eigenvalue weighted by Crippen LogP contribution is 2.44. The third kappa shape index (κ3) is 4.31. The van der Waals surface area contributed by atoms with Crippen LogP contribution >= 0.6 is 0 Å². The fourth-order valence-electron chi connectivity index (χ4n) is 4.84. The van der Waals surface area contributed by atoms with Crippen molar-refractivity contribution in [1.82, 2.24) is 25.0 Å². The molecule has 2 saturated heterocycles. The van der Waals surface area contributed by atoms with Gasteiger partial charge in [0.1, 0.15) is 12.4 Å². The SMILES string of the molecule is COCC(=O)N1CC[C@@]2(c3n[nH]c(C)n3)CN(Cc3ccc(C(F)(F)F)cc3)C[C@H]2C1. The van der Waals surface area contributed by atoms with Crippen LogP contribution in [0.15, 0.2) is 24.3 Å². The zero-order valence-electron chi connectivity index (χ0n) is 17.6. The summed E-state index contributed by atoms with van der Waals surface area (Å²) in [6, 6.07) is 5.31. The van der Waals surface area contributed by atoms with Crippen LogP contribution in [0.5, 0.6) is 0 Å². The van der Waals surface area contributed by atoms with Crippen LogP contribution < -0.4 is 0 Å². The molecule has 2 aromatic rings. The number of alkyl halides is 3. The summed E-state index contributed by atoms with van der Waals surface area (Å²) >= 11 is 0. The van der Waals surface area contributed by atoms with Crippen molar-refractivity contribution in [2.75, 3.05) is 39.9 Å². The van der Waals surface area contributed by atoms with Gasteiger partial charge in [0, 0.05) is 45.8 Å². The highest BCUT2D eigenvalue weighted by Gasteiger charge is 2.53.